The first kappa shape index (κ1) is 19.3. The molecule has 0 aliphatic heterocycles. The lowest BCUT2D eigenvalue weighted by Gasteiger charge is -2.08. The van der Waals surface area contributed by atoms with E-state index in [0.29, 0.717) is 5.69 Å². The molecule has 148 valence electrons. The van der Waals surface area contributed by atoms with Gasteiger partial charge in [0.15, 0.2) is 0 Å². The maximum atomic E-state index is 12.2. The summed E-state index contributed by atoms with van der Waals surface area (Å²) < 4.78 is 0. The molecule has 2 N–H and O–H groups in total. The second-order valence-electron chi connectivity index (χ2n) is 7.26. The zero-order valence-corrected chi connectivity index (χ0v) is 16.8. The fourth-order valence-corrected chi connectivity index (χ4v) is 3.63. The van der Waals surface area contributed by atoms with Crippen molar-refractivity contribution in [3.8, 4) is 0 Å². The van der Waals surface area contributed by atoms with Crippen LogP contribution in [0.25, 0.3) is 21.5 Å². The van der Waals surface area contributed by atoms with Crippen molar-refractivity contribution < 1.29 is 9.59 Å². The molecule has 0 radical (unpaired) electrons. The van der Waals surface area contributed by atoms with Crippen LogP contribution >= 0.6 is 0 Å². The van der Waals surface area contributed by atoms with Gasteiger partial charge in [-0.15, -0.1) is 0 Å². The molecule has 0 bridgehead atoms. The predicted molar refractivity (Wildman–Crippen MR) is 122 cm³/mol. The quantitative estimate of drug-likeness (QED) is 0.228. The van der Waals surface area contributed by atoms with E-state index in [2.05, 4.69) is 21.9 Å². The molecule has 0 fully saturated rings. The highest BCUT2D eigenvalue weighted by atomic mass is 16.2. The molecule has 0 heterocycles. The van der Waals surface area contributed by atoms with Gasteiger partial charge < -0.3 is 5.32 Å². The Kier molecular flexibility index (Phi) is 5.26. The molecule has 5 heteroatoms. The predicted octanol–water partition coefficient (Wildman–Crippen LogP) is 4.70. The first-order valence-electron chi connectivity index (χ1n) is 9.64. The van der Waals surface area contributed by atoms with Crippen LogP contribution in [0.15, 0.2) is 77.9 Å². The number of carbonyl (C=O) groups excluding carboxylic acids is 2. The molecule has 0 saturated heterocycles. The van der Waals surface area contributed by atoms with E-state index in [1.165, 1.54) is 0 Å². The molecule has 0 unspecified atom stereocenters. The monoisotopic (exact) mass is 395 g/mol. The third kappa shape index (κ3) is 4.05. The molecule has 0 spiro atoms. The normalized spacial score (nSPS) is 11.1. The molecule has 0 aromatic heterocycles. The van der Waals surface area contributed by atoms with E-state index in [4.69, 9.17) is 0 Å². The van der Waals surface area contributed by atoms with Crippen LogP contribution in [0.4, 0.5) is 5.69 Å². The zero-order chi connectivity index (χ0) is 21.1. The second kappa shape index (κ2) is 8.17. The number of hydrazone groups is 1. The van der Waals surface area contributed by atoms with Gasteiger partial charge in [-0.05, 0) is 64.7 Å². The van der Waals surface area contributed by atoms with Crippen molar-refractivity contribution in [1.82, 2.24) is 5.43 Å². The summed E-state index contributed by atoms with van der Waals surface area (Å²) in [6, 6.07) is 23.7. The number of benzene rings is 4. The van der Waals surface area contributed by atoms with Crippen LogP contribution in [0.2, 0.25) is 0 Å². The Labute approximate surface area is 174 Å². The Hall–Kier alpha value is -3.99. The number of fused-ring (bicyclic) bond motifs is 2. The number of nitrogens with one attached hydrogen (secondary N) is 2. The molecule has 0 saturated carbocycles. The Morgan fingerprint density at radius 2 is 1.33 bits per heavy atom. The summed E-state index contributed by atoms with van der Waals surface area (Å²) in [6.45, 7) is 3.86. The number of carbonyl (C=O) groups is 2. The van der Waals surface area contributed by atoms with Gasteiger partial charge in [0.05, 0.1) is 6.21 Å². The summed E-state index contributed by atoms with van der Waals surface area (Å²) in [4.78, 5) is 24.4. The molecule has 5 nitrogen and oxygen atoms in total. The number of hydrogen-bond acceptors (Lipinski definition) is 3. The Balaban J connectivity index is 1.56. The van der Waals surface area contributed by atoms with Crippen molar-refractivity contribution in [2.24, 2.45) is 5.10 Å². The van der Waals surface area contributed by atoms with Crippen molar-refractivity contribution in [3.63, 3.8) is 0 Å². The highest BCUT2D eigenvalue weighted by Crippen LogP contribution is 2.27. The van der Waals surface area contributed by atoms with E-state index in [0.717, 1.165) is 38.2 Å². The summed E-state index contributed by atoms with van der Waals surface area (Å²) in [7, 11) is 0. The van der Waals surface area contributed by atoms with Crippen LogP contribution in [-0.2, 0) is 9.59 Å². The van der Waals surface area contributed by atoms with Gasteiger partial charge in [0, 0.05) is 11.3 Å². The molecule has 4 aromatic rings. The molecular formula is C25H21N3O2. The molecule has 30 heavy (non-hydrogen) atoms. The van der Waals surface area contributed by atoms with Crippen molar-refractivity contribution in [2.45, 2.75) is 13.8 Å². The highest BCUT2D eigenvalue weighted by Gasteiger charge is 2.13. The van der Waals surface area contributed by atoms with Gasteiger partial charge >= 0.3 is 11.8 Å². The minimum Gasteiger partial charge on any atom is -0.318 e. The molecule has 4 rings (SSSR count). The van der Waals surface area contributed by atoms with Gasteiger partial charge in [-0.3, -0.25) is 9.59 Å². The van der Waals surface area contributed by atoms with Crippen LogP contribution in [0.1, 0.15) is 16.7 Å². The largest absolute Gasteiger partial charge is 0.329 e. The third-order valence-corrected chi connectivity index (χ3v) is 4.86. The Morgan fingerprint density at radius 3 is 1.93 bits per heavy atom. The first-order chi connectivity index (χ1) is 14.5. The lowest BCUT2D eigenvalue weighted by molar-refractivity contribution is -0.136. The fourth-order valence-electron chi connectivity index (χ4n) is 3.63. The zero-order valence-electron chi connectivity index (χ0n) is 16.8. The topological polar surface area (TPSA) is 70.6 Å². The molecular weight excluding hydrogens is 374 g/mol. The van der Waals surface area contributed by atoms with Crippen molar-refractivity contribution in [3.05, 3.63) is 89.5 Å². The van der Waals surface area contributed by atoms with E-state index >= 15 is 0 Å². The number of nitrogens with zero attached hydrogens (tertiary/aromatic N) is 1. The number of amides is 2. The van der Waals surface area contributed by atoms with Gasteiger partial charge in [0.2, 0.25) is 0 Å². The SMILES string of the molecule is Cc1cc(C)cc(NC(=O)C(=O)N/N=C/c2c3ccccc3cc3ccccc23)c1. The average molecular weight is 395 g/mol. The fraction of sp³-hybridized carbons (Fsp3) is 0.0800. The van der Waals surface area contributed by atoms with E-state index in [9.17, 15) is 9.59 Å². The summed E-state index contributed by atoms with van der Waals surface area (Å²) in [6.07, 6.45) is 1.59. The summed E-state index contributed by atoms with van der Waals surface area (Å²) in [5, 5.41) is 10.9. The van der Waals surface area contributed by atoms with Crippen LogP contribution in [0, 0.1) is 13.8 Å². The third-order valence-electron chi connectivity index (χ3n) is 4.86. The van der Waals surface area contributed by atoms with Crippen molar-refractivity contribution in [1.29, 1.82) is 0 Å². The van der Waals surface area contributed by atoms with E-state index < -0.39 is 11.8 Å². The molecule has 0 aliphatic carbocycles. The smallest absolute Gasteiger partial charge is 0.318 e. The van der Waals surface area contributed by atoms with Gasteiger partial charge in [-0.2, -0.15) is 5.10 Å². The number of hydrogen-bond donors (Lipinski definition) is 2. The maximum Gasteiger partial charge on any atom is 0.329 e. The van der Waals surface area contributed by atoms with E-state index in [-0.39, 0.29) is 0 Å². The molecule has 4 aromatic carbocycles. The van der Waals surface area contributed by atoms with Gasteiger partial charge in [0.25, 0.3) is 0 Å². The molecule has 0 aliphatic rings. The average Bonchev–Trinajstić information content (AvgIpc) is 2.72. The summed E-state index contributed by atoms with van der Waals surface area (Å²) >= 11 is 0. The standard InChI is InChI=1S/C25H21N3O2/c1-16-11-17(2)13-20(12-16)27-24(29)25(30)28-26-15-23-21-9-5-3-7-18(21)14-19-8-4-6-10-22(19)23/h3-15H,1-2H3,(H,27,29)(H,28,30)/b26-15+. The van der Waals surface area contributed by atoms with Crippen molar-refractivity contribution in [2.75, 3.05) is 5.32 Å². The van der Waals surface area contributed by atoms with Gasteiger partial charge in [-0.1, -0.05) is 54.6 Å². The highest BCUT2D eigenvalue weighted by molar-refractivity contribution is 6.39. The maximum absolute atomic E-state index is 12.2. The molecule has 2 amide bonds. The Morgan fingerprint density at radius 1 is 0.767 bits per heavy atom. The summed E-state index contributed by atoms with van der Waals surface area (Å²) in [5.74, 6) is -1.59. The van der Waals surface area contributed by atoms with Crippen molar-refractivity contribution >= 4 is 45.3 Å². The Bertz CT molecular complexity index is 1230. The molecule has 0 atom stereocenters. The van der Waals surface area contributed by atoms with E-state index in [1.54, 1.807) is 6.21 Å². The first-order valence-corrected chi connectivity index (χ1v) is 9.64. The summed E-state index contributed by atoms with van der Waals surface area (Å²) in [5.41, 5.74) is 5.81. The number of aryl methyl sites for hydroxylation is 2. The lowest BCUT2D eigenvalue weighted by Crippen LogP contribution is -2.32. The number of anilines is 1. The second-order valence-corrected chi connectivity index (χ2v) is 7.26. The van der Waals surface area contributed by atoms with Crippen LogP contribution in [-0.4, -0.2) is 18.0 Å². The van der Waals surface area contributed by atoms with Crippen LogP contribution in [0.5, 0.6) is 0 Å². The lowest BCUT2D eigenvalue weighted by atomic mass is 9.97. The van der Waals surface area contributed by atoms with E-state index in [1.807, 2.05) is 80.6 Å². The number of rotatable bonds is 3. The minimum absolute atomic E-state index is 0.580. The van der Waals surface area contributed by atoms with Gasteiger partial charge in [0.1, 0.15) is 0 Å². The van der Waals surface area contributed by atoms with Crippen LogP contribution in [0.3, 0.4) is 0 Å². The van der Waals surface area contributed by atoms with Gasteiger partial charge in [-0.25, -0.2) is 5.43 Å². The van der Waals surface area contributed by atoms with Crippen LogP contribution < -0.4 is 10.7 Å². The minimum atomic E-state index is -0.824.